The predicted molar refractivity (Wildman–Crippen MR) is 177 cm³/mol. The van der Waals surface area contributed by atoms with E-state index in [9.17, 15) is 0 Å². The van der Waals surface area contributed by atoms with Gasteiger partial charge in [-0.3, -0.25) is 0 Å². The molecule has 0 saturated heterocycles. The van der Waals surface area contributed by atoms with Gasteiger partial charge in [0.1, 0.15) is 0 Å². The van der Waals surface area contributed by atoms with Crippen LogP contribution in [0.3, 0.4) is 0 Å². The van der Waals surface area contributed by atoms with E-state index in [0.717, 1.165) is 27.5 Å². The molecule has 7 aromatic rings. The maximum atomic E-state index is 5.10. The van der Waals surface area contributed by atoms with Gasteiger partial charge >= 0.3 is 0 Å². The smallest absolute Gasteiger partial charge is 0.164 e. The minimum absolute atomic E-state index is 0.167. The average Bonchev–Trinajstić information content (AvgIpc) is 3.30. The van der Waals surface area contributed by atoms with Gasteiger partial charge in [0.15, 0.2) is 17.5 Å². The fourth-order valence-electron chi connectivity index (χ4n) is 6.45. The summed E-state index contributed by atoms with van der Waals surface area (Å²) < 4.78 is 0. The normalized spacial score (nSPS) is 13.1. The lowest BCUT2D eigenvalue weighted by Crippen LogP contribution is -2.15. The number of rotatable bonds is 4. The van der Waals surface area contributed by atoms with Crippen LogP contribution in [0, 0.1) is 0 Å². The second-order valence-electron chi connectivity index (χ2n) is 11.7. The van der Waals surface area contributed by atoms with E-state index in [1.165, 1.54) is 33.4 Å². The molecule has 204 valence electrons. The third kappa shape index (κ3) is 4.24. The summed E-state index contributed by atoms with van der Waals surface area (Å²) in [6.07, 6.45) is 0. The Morgan fingerprint density at radius 1 is 0.395 bits per heavy atom. The van der Waals surface area contributed by atoms with Gasteiger partial charge < -0.3 is 0 Å². The highest BCUT2D eigenvalue weighted by Crippen LogP contribution is 2.50. The van der Waals surface area contributed by atoms with Crippen LogP contribution in [0.4, 0.5) is 0 Å². The summed E-state index contributed by atoms with van der Waals surface area (Å²) in [7, 11) is 0. The van der Waals surface area contributed by atoms with E-state index in [-0.39, 0.29) is 5.41 Å². The van der Waals surface area contributed by atoms with Crippen molar-refractivity contribution < 1.29 is 0 Å². The standard InChI is InChI=1S/C40H29N3/c1-40(2)35-24-29(26-12-5-3-6-13-26)20-22-32(35)33-23-21-30(25-36(33)40)38-41-37(28-15-7-4-8-16-28)42-39(43-38)34-19-11-17-27-14-9-10-18-31(27)34/h3-25H,1-2H3. The summed E-state index contributed by atoms with van der Waals surface area (Å²) in [5, 5.41) is 2.29. The number of aromatic nitrogens is 3. The van der Waals surface area contributed by atoms with E-state index >= 15 is 0 Å². The monoisotopic (exact) mass is 551 g/mol. The molecule has 43 heavy (non-hydrogen) atoms. The Balaban J connectivity index is 1.28. The van der Waals surface area contributed by atoms with Gasteiger partial charge in [-0.25, -0.2) is 15.0 Å². The van der Waals surface area contributed by atoms with Crippen LogP contribution in [0.2, 0.25) is 0 Å². The molecule has 3 heteroatoms. The van der Waals surface area contributed by atoms with Gasteiger partial charge in [0.25, 0.3) is 0 Å². The molecule has 1 heterocycles. The quantitative estimate of drug-likeness (QED) is 0.218. The van der Waals surface area contributed by atoms with Crippen LogP contribution in [0.5, 0.6) is 0 Å². The first-order valence-corrected chi connectivity index (χ1v) is 14.7. The maximum absolute atomic E-state index is 5.10. The summed E-state index contributed by atoms with van der Waals surface area (Å²) in [6, 6.07) is 49.0. The minimum Gasteiger partial charge on any atom is -0.208 e. The molecule has 6 aromatic carbocycles. The molecule has 0 fully saturated rings. The highest BCUT2D eigenvalue weighted by Gasteiger charge is 2.36. The summed E-state index contributed by atoms with van der Waals surface area (Å²) in [5.41, 5.74) is 10.5. The van der Waals surface area contributed by atoms with Gasteiger partial charge in [0, 0.05) is 22.1 Å². The highest BCUT2D eigenvalue weighted by atomic mass is 15.0. The Labute approximate surface area is 251 Å². The van der Waals surface area contributed by atoms with Crippen molar-refractivity contribution in [2.45, 2.75) is 19.3 Å². The van der Waals surface area contributed by atoms with Crippen molar-refractivity contribution in [2.24, 2.45) is 0 Å². The summed E-state index contributed by atoms with van der Waals surface area (Å²) in [6.45, 7) is 4.64. The molecular formula is C40H29N3. The topological polar surface area (TPSA) is 38.7 Å². The molecule has 0 radical (unpaired) electrons. The summed E-state index contributed by atoms with van der Waals surface area (Å²) in [4.78, 5) is 15.1. The van der Waals surface area contributed by atoms with Crippen molar-refractivity contribution in [3.8, 4) is 56.4 Å². The third-order valence-electron chi connectivity index (χ3n) is 8.74. The van der Waals surface area contributed by atoms with Crippen molar-refractivity contribution in [3.63, 3.8) is 0 Å². The first-order chi connectivity index (χ1) is 21.1. The first kappa shape index (κ1) is 25.3. The Morgan fingerprint density at radius 2 is 0.930 bits per heavy atom. The molecule has 0 aliphatic heterocycles. The van der Waals surface area contributed by atoms with E-state index in [1.54, 1.807) is 0 Å². The Hall–Kier alpha value is -5.41. The van der Waals surface area contributed by atoms with Crippen molar-refractivity contribution in [1.29, 1.82) is 0 Å². The zero-order valence-electron chi connectivity index (χ0n) is 24.1. The zero-order valence-corrected chi connectivity index (χ0v) is 24.1. The molecule has 3 nitrogen and oxygen atoms in total. The van der Waals surface area contributed by atoms with Crippen LogP contribution in [-0.2, 0) is 5.41 Å². The van der Waals surface area contributed by atoms with E-state index in [1.807, 2.05) is 18.2 Å². The van der Waals surface area contributed by atoms with Crippen LogP contribution < -0.4 is 0 Å². The van der Waals surface area contributed by atoms with Crippen LogP contribution in [-0.4, -0.2) is 15.0 Å². The maximum Gasteiger partial charge on any atom is 0.164 e. The largest absolute Gasteiger partial charge is 0.208 e. The van der Waals surface area contributed by atoms with Crippen LogP contribution in [0.1, 0.15) is 25.0 Å². The molecule has 0 atom stereocenters. The lowest BCUT2D eigenvalue weighted by atomic mass is 9.81. The average molecular weight is 552 g/mol. The Kier molecular flexibility index (Phi) is 5.80. The number of hydrogen-bond acceptors (Lipinski definition) is 3. The predicted octanol–water partition coefficient (Wildman–Crippen LogP) is 10.00. The van der Waals surface area contributed by atoms with Gasteiger partial charge in [-0.1, -0.05) is 141 Å². The van der Waals surface area contributed by atoms with Crippen LogP contribution in [0.25, 0.3) is 67.2 Å². The van der Waals surface area contributed by atoms with E-state index < -0.39 is 0 Å². The lowest BCUT2D eigenvalue weighted by molar-refractivity contribution is 0.661. The van der Waals surface area contributed by atoms with Gasteiger partial charge in [0.2, 0.25) is 0 Å². The fourth-order valence-corrected chi connectivity index (χ4v) is 6.45. The number of nitrogens with zero attached hydrogens (tertiary/aromatic N) is 3. The Bertz CT molecular complexity index is 2140. The molecule has 8 rings (SSSR count). The first-order valence-electron chi connectivity index (χ1n) is 14.7. The molecule has 0 amide bonds. The summed E-state index contributed by atoms with van der Waals surface area (Å²) >= 11 is 0. The summed E-state index contributed by atoms with van der Waals surface area (Å²) in [5.74, 6) is 2.02. The van der Waals surface area contributed by atoms with Gasteiger partial charge in [-0.2, -0.15) is 0 Å². The molecule has 0 unspecified atom stereocenters. The number of fused-ring (bicyclic) bond motifs is 4. The molecule has 1 aliphatic carbocycles. The van der Waals surface area contributed by atoms with E-state index in [2.05, 4.69) is 135 Å². The number of benzene rings is 6. The van der Waals surface area contributed by atoms with Crippen molar-refractivity contribution in [2.75, 3.05) is 0 Å². The molecule has 1 aromatic heterocycles. The van der Waals surface area contributed by atoms with Gasteiger partial charge in [-0.05, 0) is 56.3 Å². The fraction of sp³-hybridized carbons (Fsp3) is 0.0750. The van der Waals surface area contributed by atoms with E-state index in [4.69, 9.17) is 15.0 Å². The SMILES string of the molecule is CC1(C)c2cc(-c3ccccc3)ccc2-c2ccc(-c3nc(-c4ccccc4)nc(-c4cccc5ccccc45)n3)cc21. The molecule has 0 saturated carbocycles. The molecular weight excluding hydrogens is 522 g/mol. The minimum atomic E-state index is -0.167. The Morgan fingerprint density at radius 3 is 1.65 bits per heavy atom. The van der Waals surface area contributed by atoms with Crippen LogP contribution >= 0.6 is 0 Å². The third-order valence-corrected chi connectivity index (χ3v) is 8.74. The van der Waals surface area contributed by atoms with Crippen molar-refractivity contribution in [3.05, 3.63) is 151 Å². The molecule has 1 aliphatic rings. The second-order valence-corrected chi connectivity index (χ2v) is 11.7. The van der Waals surface area contributed by atoms with E-state index in [0.29, 0.717) is 17.5 Å². The van der Waals surface area contributed by atoms with Crippen molar-refractivity contribution in [1.82, 2.24) is 15.0 Å². The van der Waals surface area contributed by atoms with Gasteiger partial charge in [0.05, 0.1) is 0 Å². The van der Waals surface area contributed by atoms with Crippen molar-refractivity contribution >= 4 is 10.8 Å². The number of hydrogen-bond donors (Lipinski definition) is 0. The zero-order chi connectivity index (χ0) is 29.0. The molecule has 0 spiro atoms. The lowest BCUT2D eigenvalue weighted by Gasteiger charge is -2.22. The molecule has 0 bridgehead atoms. The second kappa shape index (κ2) is 9.85. The van der Waals surface area contributed by atoms with Gasteiger partial charge in [-0.15, -0.1) is 0 Å². The van der Waals surface area contributed by atoms with Crippen LogP contribution in [0.15, 0.2) is 140 Å². The molecule has 0 N–H and O–H groups in total. The highest BCUT2D eigenvalue weighted by molar-refractivity contribution is 5.95.